The molecule has 0 saturated heterocycles. The Kier molecular flexibility index (Phi) is 8.19. The number of hydrogen-bond acceptors (Lipinski definition) is 7. The molecule has 2 aromatic carbocycles. The topological polar surface area (TPSA) is 126 Å². The molecule has 0 heterocycles. The SMILES string of the molecule is CN(C)N=Nc1ccc(C(=O)c2ccc(OCC(=O)CCCS(=O)(=O)O)cc2)cc1. The van der Waals surface area contributed by atoms with Gasteiger partial charge in [-0.25, -0.2) is 0 Å². The van der Waals surface area contributed by atoms with Crippen molar-refractivity contribution in [1.82, 2.24) is 5.01 Å². The Morgan fingerprint density at radius 2 is 1.57 bits per heavy atom. The van der Waals surface area contributed by atoms with Gasteiger partial charge in [-0.2, -0.15) is 8.42 Å². The highest BCUT2D eigenvalue weighted by molar-refractivity contribution is 7.85. The average Bonchev–Trinajstić information content (AvgIpc) is 2.70. The van der Waals surface area contributed by atoms with Crippen LogP contribution >= 0.6 is 0 Å². The van der Waals surface area contributed by atoms with Crippen LogP contribution in [0.25, 0.3) is 0 Å². The molecule has 30 heavy (non-hydrogen) atoms. The molecular formula is C20H23N3O6S. The maximum Gasteiger partial charge on any atom is 0.264 e. The molecule has 160 valence electrons. The molecule has 1 N–H and O–H groups in total. The van der Waals surface area contributed by atoms with Crippen molar-refractivity contribution >= 4 is 27.4 Å². The first-order valence-electron chi connectivity index (χ1n) is 9.07. The number of rotatable bonds is 11. The molecule has 0 saturated carbocycles. The van der Waals surface area contributed by atoms with E-state index in [1.807, 2.05) is 0 Å². The number of carbonyl (C=O) groups excluding carboxylic acids is 2. The first-order valence-corrected chi connectivity index (χ1v) is 10.7. The Morgan fingerprint density at radius 1 is 1.00 bits per heavy atom. The number of Topliss-reactive ketones (excluding diaryl/α,β-unsaturated/α-hetero) is 1. The molecule has 0 radical (unpaired) electrons. The van der Waals surface area contributed by atoms with Crippen LogP contribution in [0.4, 0.5) is 5.69 Å². The summed E-state index contributed by atoms with van der Waals surface area (Å²) in [5, 5.41) is 9.47. The van der Waals surface area contributed by atoms with Gasteiger partial charge in [0.2, 0.25) is 0 Å². The second-order valence-electron chi connectivity index (χ2n) is 6.65. The van der Waals surface area contributed by atoms with Gasteiger partial charge in [0.1, 0.15) is 12.4 Å². The Hall–Kier alpha value is -3.11. The normalized spacial score (nSPS) is 11.4. The lowest BCUT2D eigenvalue weighted by atomic mass is 10.0. The zero-order chi connectivity index (χ0) is 22.1. The van der Waals surface area contributed by atoms with Gasteiger partial charge in [0, 0.05) is 31.6 Å². The number of ether oxygens (including phenoxy) is 1. The number of benzene rings is 2. The Morgan fingerprint density at radius 3 is 2.10 bits per heavy atom. The summed E-state index contributed by atoms with van der Waals surface area (Å²) in [6.07, 6.45) is 0.0181. The monoisotopic (exact) mass is 433 g/mol. The van der Waals surface area contributed by atoms with Gasteiger partial charge < -0.3 is 4.74 Å². The van der Waals surface area contributed by atoms with E-state index in [0.29, 0.717) is 22.6 Å². The van der Waals surface area contributed by atoms with Crippen molar-refractivity contribution in [3.05, 3.63) is 59.7 Å². The summed E-state index contributed by atoms with van der Waals surface area (Å²) in [5.41, 5.74) is 1.59. The van der Waals surface area contributed by atoms with E-state index >= 15 is 0 Å². The maximum absolute atomic E-state index is 12.6. The van der Waals surface area contributed by atoms with Gasteiger partial charge in [-0.05, 0) is 55.0 Å². The summed E-state index contributed by atoms with van der Waals surface area (Å²) in [7, 11) is -0.551. The number of carbonyl (C=O) groups is 2. The van der Waals surface area contributed by atoms with Crippen molar-refractivity contribution in [2.45, 2.75) is 12.8 Å². The van der Waals surface area contributed by atoms with Gasteiger partial charge in [-0.15, -0.1) is 5.11 Å². The molecule has 0 fully saturated rings. The van der Waals surface area contributed by atoms with Crippen LogP contribution in [-0.2, 0) is 14.9 Å². The van der Waals surface area contributed by atoms with Crippen LogP contribution in [0.3, 0.4) is 0 Å². The van der Waals surface area contributed by atoms with Gasteiger partial charge in [-0.3, -0.25) is 19.2 Å². The van der Waals surface area contributed by atoms with Crippen molar-refractivity contribution in [2.75, 3.05) is 26.5 Å². The smallest absolute Gasteiger partial charge is 0.264 e. The molecule has 10 heteroatoms. The summed E-state index contributed by atoms with van der Waals surface area (Å²) >= 11 is 0. The zero-order valence-corrected chi connectivity index (χ0v) is 17.5. The minimum Gasteiger partial charge on any atom is -0.486 e. The molecule has 0 aromatic heterocycles. The lowest BCUT2D eigenvalue weighted by molar-refractivity contribution is -0.121. The molecule has 2 aromatic rings. The minimum atomic E-state index is -4.07. The Labute approximate surface area is 175 Å². The molecule has 0 atom stereocenters. The van der Waals surface area contributed by atoms with Gasteiger partial charge in [0.05, 0.1) is 11.4 Å². The fourth-order valence-electron chi connectivity index (χ4n) is 2.38. The quantitative estimate of drug-likeness (QED) is 0.250. The molecule has 0 amide bonds. The van der Waals surface area contributed by atoms with E-state index in [-0.39, 0.29) is 31.0 Å². The second kappa shape index (κ2) is 10.6. The maximum atomic E-state index is 12.6. The third kappa shape index (κ3) is 8.10. The van der Waals surface area contributed by atoms with E-state index in [1.165, 1.54) is 0 Å². The van der Waals surface area contributed by atoms with Crippen molar-refractivity contribution in [1.29, 1.82) is 0 Å². The van der Waals surface area contributed by atoms with Crippen LogP contribution in [0, 0.1) is 0 Å². The highest BCUT2D eigenvalue weighted by atomic mass is 32.2. The van der Waals surface area contributed by atoms with E-state index in [4.69, 9.17) is 9.29 Å². The van der Waals surface area contributed by atoms with E-state index in [1.54, 1.807) is 67.6 Å². The lowest BCUT2D eigenvalue weighted by Gasteiger charge is -2.07. The van der Waals surface area contributed by atoms with Crippen LogP contribution in [0.2, 0.25) is 0 Å². The highest BCUT2D eigenvalue weighted by Crippen LogP contribution is 2.19. The average molecular weight is 433 g/mol. The summed E-state index contributed by atoms with van der Waals surface area (Å²) in [5.74, 6) is -0.506. The van der Waals surface area contributed by atoms with Crippen molar-refractivity contribution in [3.63, 3.8) is 0 Å². The van der Waals surface area contributed by atoms with Crippen molar-refractivity contribution < 1.29 is 27.3 Å². The molecule has 9 nitrogen and oxygen atoms in total. The largest absolute Gasteiger partial charge is 0.486 e. The van der Waals surface area contributed by atoms with Crippen molar-refractivity contribution in [3.8, 4) is 5.75 Å². The summed E-state index contributed by atoms with van der Waals surface area (Å²) in [6, 6.07) is 13.1. The molecule has 0 bridgehead atoms. The predicted molar refractivity (Wildman–Crippen MR) is 111 cm³/mol. The Bertz CT molecular complexity index is 1000. The third-order valence-corrected chi connectivity index (χ3v) is 4.65. The van der Waals surface area contributed by atoms with Crippen LogP contribution in [-0.4, -0.2) is 56.0 Å². The molecule has 0 aliphatic rings. The van der Waals surface area contributed by atoms with Gasteiger partial charge in [0.15, 0.2) is 11.6 Å². The van der Waals surface area contributed by atoms with Crippen LogP contribution in [0.5, 0.6) is 5.75 Å². The Balaban J connectivity index is 1.89. The van der Waals surface area contributed by atoms with Crippen LogP contribution in [0.15, 0.2) is 58.9 Å². The fraction of sp³-hybridized carbons (Fsp3) is 0.300. The van der Waals surface area contributed by atoms with Crippen LogP contribution < -0.4 is 4.74 Å². The summed E-state index contributed by atoms with van der Waals surface area (Å²) in [6.45, 7) is -0.221. The van der Waals surface area contributed by atoms with Crippen molar-refractivity contribution in [2.24, 2.45) is 10.3 Å². The first kappa shape index (κ1) is 23.2. The van der Waals surface area contributed by atoms with E-state index in [2.05, 4.69) is 10.3 Å². The third-order valence-electron chi connectivity index (χ3n) is 3.84. The molecule has 0 aliphatic carbocycles. The predicted octanol–water partition coefficient (Wildman–Crippen LogP) is 3.09. The first-order chi connectivity index (χ1) is 14.1. The molecular weight excluding hydrogens is 410 g/mol. The lowest BCUT2D eigenvalue weighted by Crippen LogP contribution is -2.13. The minimum absolute atomic E-state index is 0.0134. The molecule has 0 spiro atoms. The van der Waals surface area contributed by atoms with E-state index < -0.39 is 15.9 Å². The van der Waals surface area contributed by atoms with E-state index in [0.717, 1.165) is 0 Å². The number of ketones is 2. The number of nitrogens with zero attached hydrogens (tertiary/aromatic N) is 3. The van der Waals surface area contributed by atoms with E-state index in [9.17, 15) is 18.0 Å². The molecule has 0 unspecified atom stereocenters. The standard InChI is InChI=1S/C20H23N3O6S/c1-23(2)22-21-17-9-5-15(6-10-17)20(25)16-7-11-19(12-8-16)29-14-18(24)4-3-13-30(26,27)28/h5-12H,3-4,13-14H2,1-2H3,(H,26,27,28). The zero-order valence-electron chi connectivity index (χ0n) is 16.7. The summed E-state index contributed by atoms with van der Waals surface area (Å²) < 4.78 is 35.2. The second-order valence-corrected chi connectivity index (χ2v) is 8.23. The van der Waals surface area contributed by atoms with Gasteiger partial charge >= 0.3 is 0 Å². The highest BCUT2D eigenvalue weighted by Gasteiger charge is 2.11. The molecule has 0 aliphatic heterocycles. The summed E-state index contributed by atoms with van der Waals surface area (Å²) in [4.78, 5) is 24.3. The number of hydrogen-bond donors (Lipinski definition) is 1. The van der Waals surface area contributed by atoms with Gasteiger partial charge in [0.25, 0.3) is 10.1 Å². The molecule has 2 rings (SSSR count). The van der Waals surface area contributed by atoms with Crippen LogP contribution in [0.1, 0.15) is 28.8 Å². The fourth-order valence-corrected chi connectivity index (χ4v) is 2.89. The van der Waals surface area contributed by atoms with Gasteiger partial charge in [-0.1, -0.05) is 5.22 Å².